The Morgan fingerprint density at radius 1 is 1.32 bits per heavy atom. The van der Waals surface area contributed by atoms with E-state index in [1.807, 2.05) is 0 Å². The molecular formula is C14H14ClNO4S2. The summed E-state index contributed by atoms with van der Waals surface area (Å²) in [5.74, 6) is -0.643. The largest absolute Gasteiger partial charge is 0.468 e. The van der Waals surface area contributed by atoms with E-state index in [0.29, 0.717) is 5.02 Å². The summed E-state index contributed by atoms with van der Waals surface area (Å²) in [6, 6.07) is 8.93. The van der Waals surface area contributed by atoms with Gasteiger partial charge in [-0.05, 0) is 35.6 Å². The zero-order valence-electron chi connectivity index (χ0n) is 11.7. The van der Waals surface area contributed by atoms with Gasteiger partial charge < -0.3 is 4.74 Å². The lowest BCUT2D eigenvalue weighted by atomic mass is 10.1. The summed E-state index contributed by atoms with van der Waals surface area (Å²) in [7, 11) is -2.54. The Labute approximate surface area is 137 Å². The Morgan fingerprint density at radius 3 is 2.55 bits per heavy atom. The van der Waals surface area contributed by atoms with Crippen LogP contribution in [0.3, 0.4) is 0 Å². The van der Waals surface area contributed by atoms with Crippen molar-refractivity contribution < 1.29 is 17.9 Å². The molecule has 1 aromatic heterocycles. The van der Waals surface area contributed by atoms with Crippen LogP contribution in [-0.2, 0) is 26.0 Å². The highest BCUT2D eigenvalue weighted by Crippen LogP contribution is 2.17. The van der Waals surface area contributed by atoms with Crippen molar-refractivity contribution in [2.24, 2.45) is 0 Å². The highest BCUT2D eigenvalue weighted by Gasteiger charge is 2.27. The molecule has 0 saturated heterocycles. The van der Waals surface area contributed by atoms with E-state index in [1.54, 1.807) is 35.7 Å². The minimum Gasteiger partial charge on any atom is -0.468 e. The van der Waals surface area contributed by atoms with Crippen molar-refractivity contribution in [3.8, 4) is 0 Å². The molecule has 1 atom stereocenters. The number of hydrogen-bond donors (Lipinski definition) is 1. The van der Waals surface area contributed by atoms with E-state index >= 15 is 0 Å². The molecule has 0 aliphatic carbocycles. The normalized spacial score (nSPS) is 12.8. The van der Waals surface area contributed by atoms with Crippen LogP contribution in [0, 0.1) is 0 Å². The molecule has 0 radical (unpaired) electrons. The fourth-order valence-corrected chi connectivity index (χ4v) is 4.15. The number of carbonyl (C=O) groups excluding carboxylic acids is 1. The van der Waals surface area contributed by atoms with Gasteiger partial charge in [0.15, 0.2) is 0 Å². The van der Waals surface area contributed by atoms with Gasteiger partial charge in [-0.15, -0.1) is 11.3 Å². The van der Waals surface area contributed by atoms with Gasteiger partial charge >= 0.3 is 5.97 Å². The molecule has 0 fully saturated rings. The third-order valence-electron chi connectivity index (χ3n) is 2.90. The maximum atomic E-state index is 12.2. The Morgan fingerprint density at radius 2 is 2.00 bits per heavy atom. The molecule has 0 saturated carbocycles. The molecule has 0 aliphatic rings. The lowest BCUT2D eigenvalue weighted by molar-refractivity contribution is -0.142. The first-order chi connectivity index (χ1) is 10.4. The van der Waals surface area contributed by atoms with Crippen molar-refractivity contribution in [2.75, 3.05) is 7.11 Å². The Bertz CT molecular complexity index is 727. The minimum absolute atomic E-state index is 0.150. The van der Waals surface area contributed by atoms with Crippen LogP contribution in [-0.4, -0.2) is 27.5 Å². The van der Waals surface area contributed by atoms with E-state index in [0.717, 1.165) is 16.9 Å². The molecule has 1 heterocycles. The predicted octanol–water partition coefficient (Wildman–Crippen LogP) is 2.46. The van der Waals surface area contributed by atoms with Crippen LogP contribution < -0.4 is 4.72 Å². The second-order valence-electron chi connectivity index (χ2n) is 4.46. The predicted molar refractivity (Wildman–Crippen MR) is 85.6 cm³/mol. The van der Waals surface area contributed by atoms with E-state index in [2.05, 4.69) is 9.46 Å². The first-order valence-corrected chi connectivity index (χ1v) is 9.04. The summed E-state index contributed by atoms with van der Waals surface area (Å²) in [5.41, 5.74) is 0.772. The van der Waals surface area contributed by atoms with Crippen LogP contribution >= 0.6 is 22.9 Å². The van der Waals surface area contributed by atoms with Gasteiger partial charge in [-0.2, -0.15) is 4.72 Å². The molecule has 22 heavy (non-hydrogen) atoms. The molecule has 8 heteroatoms. The number of thiophene rings is 1. The molecule has 0 bridgehead atoms. The van der Waals surface area contributed by atoms with Crippen molar-refractivity contribution in [1.29, 1.82) is 0 Å². The summed E-state index contributed by atoms with van der Waals surface area (Å²) in [6.07, 6.45) is 0.175. The summed E-state index contributed by atoms with van der Waals surface area (Å²) >= 11 is 6.89. The third-order valence-corrected chi connectivity index (χ3v) is 6.02. The second-order valence-corrected chi connectivity index (χ2v) is 7.78. The number of carbonyl (C=O) groups is 1. The van der Waals surface area contributed by atoms with E-state index < -0.39 is 22.0 Å². The fourth-order valence-electron chi connectivity index (χ4n) is 1.83. The van der Waals surface area contributed by atoms with Gasteiger partial charge in [0.1, 0.15) is 10.3 Å². The number of sulfonamides is 1. The molecular weight excluding hydrogens is 346 g/mol. The van der Waals surface area contributed by atoms with Crippen molar-refractivity contribution >= 4 is 38.9 Å². The standard InChI is InChI=1S/C14H14ClNO4S2/c1-20-14(17)12(9-10-4-6-11(15)7-5-10)16-22(18,19)13-3-2-8-21-13/h2-8,12,16H,9H2,1H3. The van der Waals surface area contributed by atoms with Crippen LogP contribution in [0.15, 0.2) is 46.0 Å². The smallest absolute Gasteiger partial charge is 0.324 e. The van der Waals surface area contributed by atoms with Crippen molar-refractivity contribution in [1.82, 2.24) is 4.72 Å². The molecule has 118 valence electrons. The highest BCUT2D eigenvalue weighted by atomic mass is 35.5. The van der Waals surface area contributed by atoms with E-state index in [1.165, 1.54) is 13.2 Å². The first kappa shape index (κ1) is 17.0. The summed E-state index contributed by atoms with van der Waals surface area (Å²) < 4.78 is 31.7. The molecule has 2 rings (SSSR count). The van der Waals surface area contributed by atoms with E-state index in [4.69, 9.17) is 11.6 Å². The molecule has 5 nitrogen and oxygen atoms in total. The molecule has 1 unspecified atom stereocenters. The molecule has 0 amide bonds. The average molecular weight is 360 g/mol. The number of halogens is 1. The number of esters is 1. The zero-order valence-corrected chi connectivity index (χ0v) is 14.0. The van der Waals surface area contributed by atoms with Crippen molar-refractivity contribution in [3.05, 3.63) is 52.4 Å². The van der Waals surface area contributed by atoms with Gasteiger partial charge in [-0.25, -0.2) is 8.42 Å². The molecule has 0 aliphatic heterocycles. The maximum Gasteiger partial charge on any atom is 0.324 e. The van der Waals surface area contributed by atoms with Crippen molar-refractivity contribution in [2.45, 2.75) is 16.7 Å². The average Bonchev–Trinajstić information content (AvgIpc) is 3.03. The minimum atomic E-state index is -3.76. The number of hydrogen-bond acceptors (Lipinski definition) is 5. The lowest BCUT2D eigenvalue weighted by Gasteiger charge is -2.16. The first-order valence-electron chi connectivity index (χ1n) is 6.30. The topological polar surface area (TPSA) is 72.5 Å². The number of ether oxygens (including phenoxy) is 1. The Hall–Kier alpha value is -1.41. The Kier molecular flexibility index (Phi) is 5.57. The summed E-state index contributed by atoms with van der Waals surface area (Å²) in [4.78, 5) is 11.9. The summed E-state index contributed by atoms with van der Waals surface area (Å²) in [5, 5.41) is 2.22. The van der Waals surface area contributed by atoms with E-state index in [-0.39, 0.29) is 10.6 Å². The van der Waals surface area contributed by atoms with Gasteiger partial charge in [0, 0.05) is 5.02 Å². The lowest BCUT2D eigenvalue weighted by Crippen LogP contribution is -2.42. The van der Waals surface area contributed by atoms with Crippen LogP contribution in [0.2, 0.25) is 5.02 Å². The summed E-state index contributed by atoms with van der Waals surface area (Å²) in [6.45, 7) is 0. The molecule has 1 N–H and O–H groups in total. The van der Waals surface area contributed by atoms with Crippen LogP contribution in [0.25, 0.3) is 0 Å². The monoisotopic (exact) mass is 359 g/mol. The van der Waals surface area contributed by atoms with Crippen LogP contribution in [0.4, 0.5) is 0 Å². The van der Waals surface area contributed by atoms with Gasteiger partial charge in [0.2, 0.25) is 0 Å². The molecule has 2 aromatic rings. The van der Waals surface area contributed by atoms with Crippen LogP contribution in [0.1, 0.15) is 5.56 Å². The second kappa shape index (κ2) is 7.23. The van der Waals surface area contributed by atoms with Gasteiger partial charge in [0.05, 0.1) is 7.11 Å². The maximum absolute atomic E-state index is 12.2. The van der Waals surface area contributed by atoms with Gasteiger partial charge in [0.25, 0.3) is 10.0 Å². The van der Waals surface area contributed by atoms with Gasteiger partial charge in [-0.1, -0.05) is 29.8 Å². The number of rotatable bonds is 6. The van der Waals surface area contributed by atoms with Gasteiger partial charge in [-0.3, -0.25) is 4.79 Å². The molecule has 0 spiro atoms. The number of nitrogens with one attached hydrogen (secondary N) is 1. The fraction of sp³-hybridized carbons (Fsp3) is 0.214. The number of methoxy groups -OCH3 is 1. The molecule has 1 aromatic carbocycles. The zero-order chi connectivity index (χ0) is 16.2. The highest BCUT2D eigenvalue weighted by molar-refractivity contribution is 7.91. The number of benzene rings is 1. The third kappa shape index (κ3) is 4.30. The Balaban J connectivity index is 2.20. The SMILES string of the molecule is COC(=O)C(Cc1ccc(Cl)cc1)NS(=O)(=O)c1cccs1. The van der Waals surface area contributed by atoms with Crippen molar-refractivity contribution in [3.63, 3.8) is 0 Å². The quantitative estimate of drug-likeness (QED) is 0.804. The van der Waals surface area contributed by atoms with Crippen LogP contribution in [0.5, 0.6) is 0 Å². The van der Waals surface area contributed by atoms with E-state index in [9.17, 15) is 13.2 Å².